The number of rotatable bonds is 11. The van der Waals surface area contributed by atoms with Gasteiger partial charge in [-0.25, -0.2) is 9.59 Å². The van der Waals surface area contributed by atoms with Crippen LogP contribution in [0.2, 0.25) is 0 Å². The zero-order valence-electron chi connectivity index (χ0n) is 24.7. The summed E-state index contributed by atoms with van der Waals surface area (Å²) in [5, 5.41) is 99.6. The molecule has 0 aliphatic carbocycles. The summed E-state index contributed by atoms with van der Waals surface area (Å²) in [6.45, 7) is 3.92. The highest BCUT2D eigenvalue weighted by Gasteiger charge is 2.49. The first-order valence-corrected chi connectivity index (χ1v) is 14.4. The Bertz CT molecular complexity index is 1280. The third-order valence-corrected chi connectivity index (χ3v) is 8.25. The number of phenolic OH excluding ortho intramolecular Hbond substituents is 2. The van der Waals surface area contributed by atoms with E-state index in [1.54, 1.807) is 12.1 Å². The van der Waals surface area contributed by atoms with Gasteiger partial charge in [-0.15, -0.1) is 0 Å². The van der Waals surface area contributed by atoms with Crippen LogP contribution >= 0.6 is 0 Å². The van der Waals surface area contributed by atoms with Gasteiger partial charge in [-0.1, -0.05) is 26.0 Å². The molecule has 0 bridgehead atoms. The zero-order valence-corrected chi connectivity index (χ0v) is 24.7. The zero-order chi connectivity index (χ0) is 34.0. The minimum Gasteiger partial charge on any atom is -0.504 e. The molecule has 2 heterocycles. The van der Waals surface area contributed by atoms with Crippen molar-refractivity contribution in [2.45, 2.75) is 88.1 Å². The van der Waals surface area contributed by atoms with E-state index in [1.165, 1.54) is 24.3 Å². The Labute approximate surface area is 262 Å². The number of aliphatic carboxylic acids is 2. The molecular formula is C30H38O16. The number of hydrogen-bond acceptors (Lipinski definition) is 14. The maximum Gasteiger partial charge on any atom is 0.335 e. The van der Waals surface area contributed by atoms with Crippen molar-refractivity contribution in [2.24, 2.45) is 11.8 Å². The lowest BCUT2D eigenvalue weighted by atomic mass is 9.85. The summed E-state index contributed by atoms with van der Waals surface area (Å²) in [5.41, 5.74) is 1.39. The van der Waals surface area contributed by atoms with Gasteiger partial charge in [0.15, 0.2) is 35.2 Å². The van der Waals surface area contributed by atoms with Gasteiger partial charge in [0.2, 0.25) is 12.6 Å². The van der Waals surface area contributed by atoms with Crippen LogP contribution in [0.25, 0.3) is 0 Å². The van der Waals surface area contributed by atoms with E-state index in [9.17, 15) is 60.7 Å². The van der Waals surface area contributed by atoms with Crippen molar-refractivity contribution in [2.75, 3.05) is 0 Å². The second-order valence-corrected chi connectivity index (χ2v) is 11.7. The molecule has 46 heavy (non-hydrogen) atoms. The molecule has 0 saturated carbocycles. The molecule has 12 atom stereocenters. The molecule has 0 unspecified atom stereocenters. The molecule has 16 nitrogen and oxygen atoms in total. The fraction of sp³-hybridized carbons (Fsp3) is 0.533. The lowest BCUT2D eigenvalue weighted by Crippen LogP contribution is -2.61. The van der Waals surface area contributed by atoms with Gasteiger partial charge < -0.3 is 70.0 Å². The van der Waals surface area contributed by atoms with E-state index >= 15 is 0 Å². The number of carbonyl (C=O) groups is 2. The molecule has 2 saturated heterocycles. The van der Waals surface area contributed by atoms with Crippen LogP contribution in [-0.2, 0) is 31.9 Å². The molecule has 4 rings (SSSR count). The first-order chi connectivity index (χ1) is 21.6. The third kappa shape index (κ3) is 7.62. The second kappa shape index (κ2) is 14.4. The molecule has 2 aliphatic rings. The molecule has 0 radical (unpaired) electrons. The van der Waals surface area contributed by atoms with Crippen molar-refractivity contribution in [3.63, 3.8) is 0 Å². The summed E-state index contributed by atoms with van der Waals surface area (Å²) in [5.74, 6) is -4.14. The van der Waals surface area contributed by atoms with Gasteiger partial charge in [0, 0.05) is 0 Å². The average molecular weight is 655 g/mol. The molecule has 16 heteroatoms. The van der Waals surface area contributed by atoms with E-state index in [0.717, 1.165) is 0 Å². The predicted molar refractivity (Wildman–Crippen MR) is 152 cm³/mol. The number of ether oxygens (including phenoxy) is 4. The number of aromatic hydroxyl groups is 2. The summed E-state index contributed by atoms with van der Waals surface area (Å²) >= 11 is 0. The molecular weight excluding hydrogens is 616 g/mol. The molecule has 2 fully saturated rings. The monoisotopic (exact) mass is 654 g/mol. The van der Waals surface area contributed by atoms with Crippen molar-refractivity contribution in [3.8, 4) is 23.0 Å². The lowest BCUT2D eigenvalue weighted by molar-refractivity contribution is -0.271. The summed E-state index contributed by atoms with van der Waals surface area (Å²) in [6, 6.07) is 8.90. The van der Waals surface area contributed by atoms with Gasteiger partial charge in [-0.3, -0.25) is 0 Å². The smallest absolute Gasteiger partial charge is 0.335 e. The van der Waals surface area contributed by atoms with E-state index in [2.05, 4.69) is 0 Å². The van der Waals surface area contributed by atoms with Gasteiger partial charge in [-0.2, -0.15) is 0 Å². The Kier molecular flexibility index (Phi) is 11.0. The van der Waals surface area contributed by atoms with Gasteiger partial charge in [0.1, 0.15) is 36.6 Å². The highest BCUT2D eigenvalue weighted by atomic mass is 16.7. The molecule has 2 aromatic carbocycles. The van der Waals surface area contributed by atoms with Crippen LogP contribution in [0.4, 0.5) is 0 Å². The summed E-state index contributed by atoms with van der Waals surface area (Å²) in [6.07, 6.45) is -17.4. The van der Waals surface area contributed by atoms with Crippen molar-refractivity contribution in [1.82, 2.24) is 0 Å². The topological polar surface area (TPSA) is 273 Å². The van der Waals surface area contributed by atoms with Gasteiger partial charge in [0.05, 0.1) is 0 Å². The SMILES string of the molecule is C[C@H](Cc1ccc(O)c(O[C@@H]2O[C@H](C(=O)O)[C@@H](O)[C@H](O)[C@H]2O)c1)[C@@H](C)Cc1ccc(O)c(O[C@@H]2O[C@H](C(=O)O)[C@@H](O)[C@H](O)[C@H]2O)c1. The second-order valence-electron chi connectivity index (χ2n) is 11.7. The first-order valence-electron chi connectivity index (χ1n) is 14.4. The van der Waals surface area contributed by atoms with Crippen molar-refractivity contribution in [1.29, 1.82) is 0 Å². The quantitative estimate of drug-likeness (QED) is 0.135. The van der Waals surface area contributed by atoms with Crippen LogP contribution in [0.5, 0.6) is 23.0 Å². The van der Waals surface area contributed by atoms with Gasteiger partial charge in [0.25, 0.3) is 0 Å². The lowest BCUT2D eigenvalue weighted by Gasteiger charge is -2.38. The fourth-order valence-electron chi connectivity index (χ4n) is 5.25. The normalized spacial score (nSPS) is 32.7. The Morgan fingerprint density at radius 2 is 0.978 bits per heavy atom. The van der Waals surface area contributed by atoms with E-state index < -0.39 is 73.4 Å². The minimum absolute atomic E-state index is 0.00287. The van der Waals surface area contributed by atoms with Gasteiger partial charge >= 0.3 is 11.9 Å². The Balaban J connectivity index is 1.41. The Hall–Kier alpha value is -3.74. The predicted octanol–water partition coefficient (Wildman–Crippen LogP) is -1.30. The Morgan fingerprint density at radius 3 is 1.30 bits per heavy atom. The van der Waals surface area contributed by atoms with E-state index in [1.807, 2.05) is 13.8 Å². The minimum atomic E-state index is -1.90. The number of carboxylic acid groups (broad SMARTS) is 2. The van der Waals surface area contributed by atoms with Crippen LogP contribution < -0.4 is 9.47 Å². The van der Waals surface area contributed by atoms with Crippen molar-refractivity contribution in [3.05, 3.63) is 47.5 Å². The van der Waals surface area contributed by atoms with Crippen LogP contribution in [0.1, 0.15) is 25.0 Å². The number of benzene rings is 2. The highest BCUT2D eigenvalue weighted by Crippen LogP contribution is 2.35. The summed E-state index contributed by atoms with van der Waals surface area (Å²) < 4.78 is 21.3. The average Bonchev–Trinajstić information content (AvgIpc) is 3.00. The molecule has 2 aliphatic heterocycles. The molecule has 0 aromatic heterocycles. The summed E-state index contributed by atoms with van der Waals surface area (Å²) in [7, 11) is 0. The van der Waals surface area contributed by atoms with E-state index in [4.69, 9.17) is 18.9 Å². The number of aliphatic hydroxyl groups is 6. The molecule has 0 spiro atoms. The Morgan fingerprint density at radius 1 is 0.630 bits per heavy atom. The number of aliphatic hydroxyl groups excluding tert-OH is 6. The number of phenols is 2. The van der Waals surface area contributed by atoms with Crippen molar-refractivity contribution >= 4 is 11.9 Å². The van der Waals surface area contributed by atoms with Crippen LogP contribution in [0, 0.1) is 11.8 Å². The molecule has 2 aromatic rings. The van der Waals surface area contributed by atoms with Crippen molar-refractivity contribution < 1.29 is 79.6 Å². The third-order valence-electron chi connectivity index (χ3n) is 8.25. The maximum absolute atomic E-state index is 11.4. The summed E-state index contributed by atoms with van der Waals surface area (Å²) in [4.78, 5) is 22.8. The fourth-order valence-corrected chi connectivity index (χ4v) is 5.25. The largest absolute Gasteiger partial charge is 0.504 e. The number of carboxylic acids is 2. The molecule has 254 valence electrons. The molecule has 0 amide bonds. The van der Waals surface area contributed by atoms with Crippen LogP contribution in [0.3, 0.4) is 0 Å². The van der Waals surface area contributed by atoms with Crippen LogP contribution in [-0.4, -0.2) is 124 Å². The first kappa shape index (κ1) is 35.1. The molecule has 10 N–H and O–H groups in total. The van der Waals surface area contributed by atoms with E-state index in [-0.39, 0.29) is 34.8 Å². The van der Waals surface area contributed by atoms with Crippen LogP contribution in [0.15, 0.2) is 36.4 Å². The number of hydrogen-bond donors (Lipinski definition) is 10. The highest BCUT2D eigenvalue weighted by molar-refractivity contribution is 5.74. The van der Waals surface area contributed by atoms with E-state index in [0.29, 0.717) is 24.0 Å². The maximum atomic E-state index is 11.4. The van der Waals surface area contributed by atoms with Gasteiger partial charge in [-0.05, 0) is 60.1 Å². The standard InChI is InChI=1S/C30H38O16/c1-11(7-13-3-5-15(31)17(9-13)43-29-23(37)19(33)21(35)25(45-29)27(39)40)12(2)8-14-4-6-16(32)18(10-14)44-30-24(38)20(34)22(36)26(46-30)28(41)42/h3-6,9-12,19-26,29-38H,7-8H2,1-2H3,(H,39,40)(H,41,42)/t11-,12+,19-,20-,21-,22-,23+,24+,25-,26-,29+,30+/m0/s1.